The lowest BCUT2D eigenvalue weighted by atomic mass is 10.3. The van der Waals surface area contributed by atoms with Crippen molar-refractivity contribution in [3.05, 3.63) is 0 Å². The molecule has 2 atom stereocenters. The Morgan fingerprint density at radius 1 is 1.45 bits per heavy atom. The second-order valence-corrected chi connectivity index (χ2v) is 3.43. The van der Waals surface area contributed by atoms with E-state index in [0.717, 1.165) is 0 Å². The SMILES string of the molecule is O=P(O)(O)O[C@H]1COC[C@H]1O. The molecule has 1 heterocycles. The van der Waals surface area contributed by atoms with Crippen LogP contribution >= 0.6 is 7.82 Å². The Kier molecular flexibility index (Phi) is 2.64. The van der Waals surface area contributed by atoms with Crippen LogP contribution in [0.25, 0.3) is 0 Å². The van der Waals surface area contributed by atoms with Gasteiger partial charge in [0.1, 0.15) is 12.2 Å². The number of aliphatic hydroxyl groups excluding tert-OH is 1. The Balaban J connectivity index is 2.43. The van der Waals surface area contributed by atoms with Crippen molar-refractivity contribution in [2.45, 2.75) is 12.2 Å². The standard InChI is InChI=1S/C4H9O6P/c5-3-1-9-2-4(3)10-11(6,7)8/h3-5H,1-2H2,(H2,6,7,8)/t3-,4+/m1/s1. The van der Waals surface area contributed by atoms with Crippen LogP contribution in [0.2, 0.25) is 0 Å². The molecule has 0 aromatic heterocycles. The van der Waals surface area contributed by atoms with Gasteiger partial charge in [-0.2, -0.15) is 0 Å². The predicted molar refractivity (Wildman–Crippen MR) is 33.7 cm³/mol. The van der Waals surface area contributed by atoms with Gasteiger partial charge in [0.25, 0.3) is 0 Å². The van der Waals surface area contributed by atoms with E-state index in [4.69, 9.17) is 19.6 Å². The van der Waals surface area contributed by atoms with Gasteiger partial charge in [-0.1, -0.05) is 0 Å². The first-order chi connectivity index (χ1) is 4.99. The van der Waals surface area contributed by atoms with Crippen molar-refractivity contribution >= 4 is 7.82 Å². The third-order valence-corrected chi connectivity index (χ3v) is 1.82. The van der Waals surface area contributed by atoms with Gasteiger partial charge in [-0.05, 0) is 0 Å². The number of phosphoric ester groups is 1. The van der Waals surface area contributed by atoms with Crippen LogP contribution in [-0.2, 0) is 13.8 Å². The smallest absolute Gasteiger partial charge is 0.388 e. The lowest BCUT2D eigenvalue weighted by Crippen LogP contribution is -2.25. The molecule has 0 aromatic carbocycles. The summed E-state index contributed by atoms with van der Waals surface area (Å²) in [7, 11) is -4.49. The van der Waals surface area contributed by atoms with Gasteiger partial charge in [-0.15, -0.1) is 0 Å². The van der Waals surface area contributed by atoms with Crippen LogP contribution in [0.5, 0.6) is 0 Å². The summed E-state index contributed by atoms with van der Waals surface area (Å²) in [5, 5.41) is 8.96. The van der Waals surface area contributed by atoms with E-state index < -0.39 is 20.0 Å². The molecule has 1 rings (SSSR count). The first kappa shape index (κ1) is 9.12. The third kappa shape index (κ3) is 2.86. The number of hydrogen-bond acceptors (Lipinski definition) is 4. The summed E-state index contributed by atoms with van der Waals surface area (Å²) in [5.41, 5.74) is 0. The Morgan fingerprint density at radius 3 is 2.45 bits per heavy atom. The summed E-state index contributed by atoms with van der Waals surface area (Å²) < 4.78 is 19.1. The minimum atomic E-state index is -4.49. The molecule has 0 saturated carbocycles. The molecule has 1 aliphatic rings. The molecule has 0 spiro atoms. The number of phosphoric acid groups is 1. The van der Waals surface area contributed by atoms with Gasteiger partial charge < -0.3 is 19.6 Å². The Labute approximate surface area is 63.0 Å². The molecule has 1 aliphatic heterocycles. The van der Waals surface area contributed by atoms with E-state index in [-0.39, 0.29) is 13.2 Å². The number of ether oxygens (including phenoxy) is 1. The second kappa shape index (κ2) is 3.18. The molecule has 0 bridgehead atoms. The highest BCUT2D eigenvalue weighted by atomic mass is 31.2. The van der Waals surface area contributed by atoms with Gasteiger partial charge in [0.15, 0.2) is 0 Å². The molecule has 3 N–H and O–H groups in total. The van der Waals surface area contributed by atoms with Crippen LogP contribution in [0, 0.1) is 0 Å². The molecule has 0 amide bonds. The molecule has 66 valence electrons. The third-order valence-electron chi connectivity index (χ3n) is 1.27. The van der Waals surface area contributed by atoms with Gasteiger partial charge in [0.2, 0.25) is 0 Å². The fourth-order valence-corrected chi connectivity index (χ4v) is 1.35. The first-order valence-electron chi connectivity index (χ1n) is 2.99. The fraction of sp³-hybridized carbons (Fsp3) is 1.00. The van der Waals surface area contributed by atoms with Gasteiger partial charge in [-0.3, -0.25) is 4.52 Å². The average Bonchev–Trinajstić information content (AvgIpc) is 2.12. The van der Waals surface area contributed by atoms with Crippen molar-refractivity contribution in [2.24, 2.45) is 0 Å². The molecule has 1 saturated heterocycles. The Hall–Kier alpha value is 0.0300. The van der Waals surface area contributed by atoms with Crippen molar-refractivity contribution in [3.8, 4) is 0 Å². The molecular weight excluding hydrogens is 175 g/mol. The Morgan fingerprint density at radius 2 is 2.09 bits per heavy atom. The van der Waals surface area contributed by atoms with Crippen molar-refractivity contribution in [3.63, 3.8) is 0 Å². The summed E-state index contributed by atoms with van der Waals surface area (Å²) in [6.07, 6.45) is -1.85. The van der Waals surface area contributed by atoms with E-state index in [2.05, 4.69) is 4.52 Å². The fourth-order valence-electron chi connectivity index (χ4n) is 0.800. The summed E-state index contributed by atoms with van der Waals surface area (Å²) in [6, 6.07) is 0. The maximum atomic E-state index is 10.2. The summed E-state index contributed by atoms with van der Waals surface area (Å²) in [6.45, 7) is 0.0803. The van der Waals surface area contributed by atoms with E-state index >= 15 is 0 Å². The molecular formula is C4H9O6P. The molecule has 0 radical (unpaired) electrons. The maximum absolute atomic E-state index is 10.2. The second-order valence-electron chi connectivity index (χ2n) is 2.24. The van der Waals surface area contributed by atoms with Crippen LogP contribution in [0.1, 0.15) is 0 Å². The monoisotopic (exact) mass is 184 g/mol. The zero-order chi connectivity index (χ0) is 8.48. The van der Waals surface area contributed by atoms with Crippen LogP contribution in [-0.4, -0.2) is 40.3 Å². The summed E-state index contributed by atoms with van der Waals surface area (Å²) in [5.74, 6) is 0. The van der Waals surface area contributed by atoms with Gasteiger partial charge in [0.05, 0.1) is 13.2 Å². The average molecular weight is 184 g/mol. The molecule has 0 unspecified atom stereocenters. The largest absolute Gasteiger partial charge is 0.470 e. The van der Waals surface area contributed by atoms with Crippen molar-refractivity contribution in [2.75, 3.05) is 13.2 Å². The zero-order valence-electron chi connectivity index (χ0n) is 5.58. The Bertz CT molecular complexity index is 175. The quantitative estimate of drug-likeness (QED) is 0.469. The highest BCUT2D eigenvalue weighted by Crippen LogP contribution is 2.39. The highest BCUT2D eigenvalue weighted by Gasteiger charge is 2.32. The maximum Gasteiger partial charge on any atom is 0.470 e. The molecule has 11 heavy (non-hydrogen) atoms. The van der Waals surface area contributed by atoms with E-state index in [1.54, 1.807) is 0 Å². The molecule has 0 aromatic rings. The lowest BCUT2D eigenvalue weighted by Gasteiger charge is -2.13. The predicted octanol–water partition coefficient (Wildman–Crippen LogP) is -1.14. The molecule has 0 aliphatic carbocycles. The topological polar surface area (TPSA) is 96.2 Å². The van der Waals surface area contributed by atoms with E-state index in [1.807, 2.05) is 0 Å². The van der Waals surface area contributed by atoms with Crippen LogP contribution in [0.4, 0.5) is 0 Å². The van der Waals surface area contributed by atoms with Crippen molar-refractivity contribution in [1.82, 2.24) is 0 Å². The number of hydrogen-bond donors (Lipinski definition) is 3. The van der Waals surface area contributed by atoms with Crippen molar-refractivity contribution < 1.29 is 28.7 Å². The van der Waals surface area contributed by atoms with Crippen LogP contribution in [0.15, 0.2) is 0 Å². The van der Waals surface area contributed by atoms with Gasteiger partial charge in [0, 0.05) is 0 Å². The van der Waals surface area contributed by atoms with E-state index in [0.29, 0.717) is 0 Å². The number of aliphatic hydroxyl groups is 1. The lowest BCUT2D eigenvalue weighted by molar-refractivity contribution is 0.0500. The normalized spacial score (nSPS) is 32.6. The first-order valence-corrected chi connectivity index (χ1v) is 4.52. The molecule has 1 fully saturated rings. The van der Waals surface area contributed by atoms with Crippen LogP contribution < -0.4 is 0 Å². The zero-order valence-corrected chi connectivity index (χ0v) is 6.48. The van der Waals surface area contributed by atoms with Crippen LogP contribution in [0.3, 0.4) is 0 Å². The van der Waals surface area contributed by atoms with E-state index in [1.165, 1.54) is 0 Å². The number of rotatable bonds is 2. The summed E-state index contributed by atoms with van der Waals surface area (Å²) >= 11 is 0. The molecule has 6 nitrogen and oxygen atoms in total. The van der Waals surface area contributed by atoms with Gasteiger partial charge >= 0.3 is 7.82 Å². The highest BCUT2D eigenvalue weighted by molar-refractivity contribution is 7.46. The van der Waals surface area contributed by atoms with Gasteiger partial charge in [-0.25, -0.2) is 4.57 Å². The van der Waals surface area contributed by atoms with Crippen molar-refractivity contribution in [1.29, 1.82) is 0 Å². The minimum absolute atomic E-state index is 0.0201. The summed E-state index contributed by atoms with van der Waals surface area (Å²) in [4.78, 5) is 16.6. The minimum Gasteiger partial charge on any atom is -0.388 e. The molecule has 7 heteroatoms. The van der Waals surface area contributed by atoms with E-state index in [9.17, 15) is 4.57 Å².